The van der Waals surface area contributed by atoms with Gasteiger partial charge in [-0.2, -0.15) is 0 Å². The molecule has 2 amide bonds. The zero-order valence-electron chi connectivity index (χ0n) is 19.9. The van der Waals surface area contributed by atoms with Crippen molar-refractivity contribution in [2.75, 3.05) is 19.1 Å². The van der Waals surface area contributed by atoms with E-state index < -0.39 is 12.0 Å². The Morgan fingerprint density at radius 1 is 0.941 bits per heavy atom. The van der Waals surface area contributed by atoms with Crippen molar-refractivity contribution in [3.05, 3.63) is 89.5 Å². The van der Waals surface area contributed by atoms with Crippen molar-refractivity contribution in [3.8, 4) is 11.5 Å². The molecule has 6 heteroatoms. The second-order valence-corrected chi connectivity index (χ2v) is 8.47. The number of rotatable bonds is 7. The number of amides is 2. The number of carbonyl (C=O) groups excluding carboxylic acids is 2. The molecular weight excluding hydrogens is 428 g/mol. The molecule has 4 rings (SSSR count). The van der Waals surface area contributed by atoms with E-state index in [9.17, 15) is 9.59 Å². The monoisotopic (exact) mass is 458 g/mol. The van der Waals surface area contributed by atoms with Crippen LogP contribution in [0, 0.1) is 0 Å². The van der Waals surface area contributed by atoms with Crippen LogP contribution >= 0.6 is 0 Å². The Bertz CT molecular complexity index is 1160. The van der Waals surface area contributed by atoms with Crippen LogP contribution in [0.2, 0.25) is 0 Å². The maximum atomic E-state index is 13.9. The molecule has 0 spiro atoms. The van der Waals surface area contributed by atoms with E-state index in [1.807, 2.05) is 80.6 Å². The summed E-state index contributed by atoms with van der Waals surface area (Å²) in [5.41, 5.74) is 2.82. The van der Waals surface area contributed by atoms with Gasteiger partial charge in [-0.1, -0.05) is 37.3 Å². The van der Waals surface area contributed by atoms with E-state index in [2.05, 4.69) is 5.32 Å². The first-order valence-corrected chi connectivity index (χ1v) is 11.5. The molecule has 1 aliphatic rings. The summed E-state index contributed by atoms with van der Waals surface area (Å²) in [5, 5.41) is 3.15. The van der Waals surface area contributed by atoms with Gasteiger partial charge in [0.25, 0.3) is 5.91 Å². The zero-order chi connectivity index (χ0) is 24.2. The standard InChI is InChI=1S/C28H30N2O4/c1-5-18(2)29-27(31)25-23-8-6-7-9-24(23)28(32)30(20-12-16-22(34-4)17-13-20)26(25)19-10-14-21(33-3)15-11-19/h6-18,25-26H,5H2,1-4H3,(H,29,31)/t18-,25+,26-/m0/s1. The highest BCUT2D eigenvalue weighted by atomic mass is 16.5. The van der Waals surface area contributed by atoms with Gasteiger partial charge in [0.2, 0.25) is 5.91 Å². The fourth-order valence-electron chi connectivity index (χ4n) is 4.42. The average Bonchev–Trinajstić information content (AvgIpc) is 2.88. The molecule has 0 fully saturated rings. The molecule has 0 aromatic heterocycles. The van der Waals surface area contributed by atoms with Gasteiger partial charge in [0.15, 0.2) is 0 Å². The van der Waals surface area contributed by atoms with Crippen LogP contribution in [-0.2, 0) is 4.79 Å². The molecule has 0 aliphatic carbocycles. The smallest absolute Gasteiger partial charge is 0.259 e. The second kappa shape index (κ2) is 10.00. The number of methoxy groups -OCH3 is 2. The van der Waals surface area contributed by atoms with Crippen LogP contribution < -0.4 is 19.7 Å². The number of ether oxygens (including phenoxy) is 2. The van der Waals surface area contributed by atoms with E-state index in [1.165, 1.54) is 0 Å². The molecule has 3 aromatic rings. The first-order valence-electron chi connectivity index (χ1n) is 11.5. The van der Waals surface area contributed by atoms with Crippen LogP contribution in [0.15, 0.2) is 72.8 Å². The number of nitrogens with one attached hydrogen (secondary N) is 1. The number of nitrogens with zero attached hydrogens (tertiary/aromatic N) is 1. The number of benzene rings is 3. The van der Waals surface area contributed by atoms with Crippen molar-refractivity contribution in [1.82, 2.24) is 5.32 Å². The van der Waals surface area contributed by atoms with Gasteiger partial charge in [-0.05, 0) is 66.9 Å². The molecular formula is C28H30N2O4. The first-order chi connectivity index (χ1) is 16.5. The van der Waals surface area contributed by atoms with Gasteiger partial charge in [0, 0.05) is 17.3 Å². The lowest BCUT2D eigenvalue weighted by Gasteiger charge is -2.42. The van der Waals surface area contributed by atoms with E-state index in [4.69, 9.17) is 9.47 Å². The van der Waals surface area contributed by atoms with Gasteiger partial charge >= 0.3 is 0 Å². The Kier molecular flexibility index (Phi) is 6.87. The average molecular weight is 459 g/mol. The predicted octanol–water partition coefficient (Wildman–Crippen LogP) is 5.10. The van der Waals surface area contributed by atoms with Crippen molar-refractivity contribution in [2.45, 2.75) is 38.3 Å². The summed E-state index contributed by atoms with van der Waals surface area (Å²) in [6.45, 7) is 4.02. The normalized spacial score (nSPS) is 18.1. The number of fused-ring (bicyclic) bond motifs is 1. The van der Waals surface area contributed by atoms with Crippen LogP contribution in [0.1, 0.15) is 53.7 Å². The second-order valence-electron chi connectivity index (χ2n) is 8.47. The molecule has 1 aliphatic heterocycles. The third kappa shape index (κ3) is 4.36. The zero-order valence-corrected chi connectivity index (χ0v) is 19.9. The van der Waals surface area contributed by atoms with Crippen molar-refractivity contribution in [2.24, 2.45) is 0 Å². The molecule has 0 radical (unpaired) electrons. The van der Waals surface area contributed by atoms with Gasteiger partial charge in [-0.3, -0.25) is 14.5 Å². The number of anilines is 1. The SMILES string of the molecule is CC[C@H](C)NC(=O)[C@@H]1c2ccccc2C(=O)N(c2ccc(OC)cc2)[C@H]1c1ccc(OC)cc1. The summed E-state index contributed by atoms with van der Waals surface area (Å²) < 4.78 is 10.6. The minimum Gasteiger partial charge on any atom is -0.497 e. The molecule has 1 heterocycles. The largest absolute Gasteiger partial charge is 0.497 e. The minimum atomic E-state index is -0.585. The highest BCUT2D eigenvalue weighted by Crippen LogP contribution is 2.45. The number of hydrogen-bond acceptors (Lipinski definition) is 4. The van der Waals surface area contributed by atoms with Gasteiger partial charge in [-0.15, -0.1) is 0 Å². The summed E-state index contributed by atoms with van der Waals surface area (Å²) in [5.74, 6) is 0.574. The molecule has 0 saturated carbocycles. The highest BCUT2D eigenvalue weighted by molar-refractivity contribution is 6.11. The van der Waals surface area contributed by atoms with Crippen molar-refractivity contribution < 1.29 is 19.1 Å². The van der Waals surface area contributed by atoms with E-state index in [0.29, 0.717) is 22.7 Å². The van der Waals surface area contributed by atoms with E-state index >= 15 is 0 Å². The fourth-order valence-corrected chi connectivity index (χ4v) is 4.42. The number of carbonyl (C=O) groups is 2. The maximum Gasteiger partial charge on any atom is 0.259 e. The van der Waals surface area contributed by atoms with Crippen LogP contribution in [0.25, 0.3) is 0 Å². The van der Waals surface area contributed by atoms with Gasteiger partial charge in [0.1, 0.15) is 11.5 Å². The lowest BCUT2D eigenvalue weighted by molar-refractivity contribution is -0.123. The topological polar surface area (TPSA) is 67.9 Å². The fraction of sp³-hybridized carbons (Fsp3) is 0.286. The van der Waals surface area contributed by atoms with Crippen LogP contribution in [0.4, 0.5) is 5.69 Å². The third-order valence-corrected chi connectivity index (χ3v) is 6.43. The molecule has 0 unspecified atom stereocenters. The Morgan fingerprint density at radius 2 is 1.53 bits per heavy atom. The van der Waals surface area contributed by atoms with Gasteiger partial charge in [-0.25, -0.2) is 0 Å². The Balaban J connectivity index is 1.91. The van der Waals surface area contributed by atoms with E-state index in [1.54, 1.807) is 25.2 Å². The molecule has 3 aromatic carbocycles. The molecule has 176 valence electrons. The third-order valence-electron chi connectivity index (χ3n) is 6.43. The first kappa shape index (κ1) is 23.4. The summed E-state index contributed by atoms with van der Waals surface area (Å²) in [6.07, 6.45) is 0.814. The van der Waals surface area contributed by atoms with Crippen molar-refractivity contribution >= 4 is 17.5 Å². The highest BCUT2D eigenvalue weighted by Gasteiger charge is 2.45. The van der Waals surface area contributed by atoms with E-state index in [-0.39, 0.29) is 17.9 Å². The van der Waals surface area contributed by atoms with Crippen molar-refractivity contribution in [1.29, 1.82) is 0 Å². The predicted molar refractivity (Wildman–Crippen MR) is 133 cm³/mol. The summed E-state index contributed by atoms with van der Waals surface area (Å²) >= 11 is 0. The molecule has 6 nitrogen and oxygen atoms in total. The van der Waals surface area contributed by atoms with Crippen LogP contribution in [0.3, 0.4) is 0 Å². The van der Waals surface area contributed by atoms with Crippen molar-refractivity contribution in [3.63, 3.8) is 0 Å². The molecule has 0 saturated heterocycles. The summed E-state index contributed by atoms with van der Waals surface area (Å²) in [6, 6.07) is 21.8. The Labute approximate surface area is 200 Å². The maximum absolute atomic E-state index is 13.9. The number of hydrogen-bond donors (Lipinski definition) is 1. The lowest BCUT2D eigenvalue weighted by Crippen LogP contribution is -2.48. The molecule has 0 bridgehead atoms. The van der Waals surface area contributed by atoms with Gasteiger partial charge in [0.05, 0.1) is 26.2 Å². The quantitative estimate of drug-likeness (QED) is 0.535. The summed E-state index contributed by atoms with van der Waals surface area (Å²) in [7, 11) is 3.22. The summed E-state index contributed by atoms with van der Waals surface area (Å²) in [4.78, 5) is 29.3. The van der Waals surface area contributed by atoms with Crippen LogP contribution in [-0.4, -0.2) is 32.1 Å². The van der Waals surface area contributed by atoms with Gasteiger partial charge < -0.3 is 14.8 Å². The Morgan fingerprint density at radius 3 is 2.12 bits per heavy atom. The lowest BCUT2D eigenvalue weighted by atomic mass is 9.78. The minimum absolute atomic E-state index is 0.0169. The van der Waals surface area contributed by atoms with Crippen LogP contribution in [0.5, 0.6) is 11.5 Å². The van der Waals surface area contributed by atoms with E-state index in [0.717, 1.165) is 17.5 Å². The molecule has 3 atom stereocenters. The Hall–Kier alpha value is -3.80. The molecule has 34 heavy (non-hydrogen) atoms. The molecule has 1 N–H and O–H groups in total.